The monoisotopic (exact) mass is 267 g/mol. The van der Waals surface area contributed by atoms with Gasteiger partial charge >= 0.3 is 0 Å². The summed E-state index contributed by atoms with van der Waals surface area (Å²) in [5.74, 6) is 0. The number of rotatable bonds is 5. The summed E-state index contributed by atoms with van der Waals surface area (Å²) in [6.07, 6.45) is 11.1. The molecule has 112 valence electrons. The SMILES string of the molecule is CN(C)CCCCN1CCCNC2(CCCCC2)C1. The Balaban J connectivity index is 1.76. The van der Waals surface area contributed by atoms with E-state index in [0.717, 1.165) is 0 Å². The highest BCUT2D eigenvalue weighted by Gasteiger charge is 2.34. The third-order valence-corrected chi connectivity index (χ3v) is 4.82. The van der Waals surface area contributed by atoms with Gasteiger partial charge in [-0.3, -0.25) is 0 Å². The smallest absolute Gasteiger partial charge is 0.0308 e. The van der Waals surface area contributed by atoms with Gasteiger partial charge in [-0.2, -0.15) is 0 Å². The van der Waals surface area contributed by atoms with Crippen LogP contribution in [-0.2, 0) is 0 Å². The summed E-state index contributed by atoms with van der Waals surface area (Å²) in [5.41, 5.74) is 0.469. The molecule has 0 unspecified atom stereocenters. The summed E-state index contributed by atoms with van der Waals surface area (Å²) in [4.78, 5) is 5.04. The van der Waals surface area contributed by atoms with E-state index in [9.17, 15) is 0 Å². The maximum absolute atomic E-state index is 3.89. The third kappa shape index (κ3) is 5.05. The lowest BCUT2D eigenvalue weighted by molar-refractivity contribution is 0.161. The van der Waals surface area contributed by atoms with Crippen molar-refractivity contribution in [2.75, 3.05) is 46.8 Å². The highest BCUT2D eigenvalue weighted by Crippen LogP contribution is 2.30. The first-order valence-electron chi connectivity index (χ1n) is 8.32. The predicted octanol–water partition coefficient (Wildman–Crippen LogP) is 2.33. The molecular weight excluding hydrogens is 234 g/mol. The Bertz CT molecular complexity index is 246. The summed E-state index contributed by atoms with van der Waals surface area (Å²) in [5, 5.41) is 3.89. The van der Waals surface area contributed by atoms with Crippen molar-refractivity contribution in [3.8, 4) is 0 Å². The quantitative estimate of drug-likeness (QED) is 0.771. The van der Waals surface area contributed by atoms with Gasteiger partial charge in [0.15, 0.2) is 0 Å². The predicted molar refractivity (Wildman–Crippen MR) is 82.7 cm³/mol. The Morgan fingerprint density at radius 3 is 2.58 bits per heavy atom. The summed E-state index contributed by atoms with van der Waals surface area (Å²) < 4.78 is 0. The van der Waals surface area contributed by atoms with Crippen molar-refractivity contribution in [2.24, 2.45) is 0 Å². The molecule has 1 spiro atoms. The Hall–Kier alpha value is -0.120. The zero-order valence-corrected chi connectivity index (χ0v) is 13.1. The molecule has 19 heavy (non-hydrogen) atoms. The first-order valence-corrected chi connectivity index (χ1v) is 8.32. The van der Waals surface area contributed by atoms with Crippen molar-refractivity contribution in [2.45, 2.75) is 56.9 Å². The van der Waals surface area contributed by atoms with E-state index in [1.165, 1.54) is 84.1 Å². The Kier molecular flexibility index (Phi) is 6.11. The Morgan fingerprint density at radius 2 is 1.84 bits per heavy atom. The molecular formula is C16H33N3. The molecule has 1 N–H and O–H groups in total. The second kappa shape index (κ2) is 7.61. The van der Waals surface area contributed by atoms with E-state index in [-0.39, 0.29) is 0 Å². The normalized spacial score (nSPS) is 24.8. The average Bonchev–Trinajstić information content (AvgIpc) is 2.58. The maximum atomic E-state index is 3.89. The topological polar surface area (TPSA) is 18.5 Å². The molecule has 0 bridgehead atoms. The fourth-order valence-electron chi connectivity index (χ4n) is 3.74. The molecule has 0 amide bonds. The molecule has 3 nitrogen and oxygen atoms in total. The van der Waals surface area contributed by atoms with Crippen LogP contribution in [0, 0.1) is 0 Å². The molecule has 0 atom stereocenters. The van der Waals surface area contributed by atoms with Gasteiger partial charge in [-0.1, -0.05) is 19.3 Å². The number of nitrogens with zero attached hydrogens (tertiary/aromatic N) is 2. The van der Waals surface area contributed by atoms with Crippen molar-refractivity contribution in [3.63, 3.8) is 0 Å². The summed E-state index contributed by atoms with van der Waals surface area (Å²) in [6, 6.07) is 0. The van der Waals surface area contributed by atoms with Gasteiger partial charge in [0.1, 0.15) is 0 Å². The van der Waals surface area contributed by atoms with Crippen LogP contribution < -0.4 is 5.32 Å². The standard InChI is InChI=1S/C16H33N3/c1-18(2)12-6-7-13-19-14-8-11-17-16(15-19)9-4-3-5-10-16/h17H,3-15H2,1-2H3. The summed E-state index contributed by atoms with van der Waals surface area (Å²) in [6.45, 7) is 6.37. The Morgan fingerprint density at radius 1 is 1.05 bits per heavy atom. The second-order valence-electron chi connectivity index (χ2n) is 6.91. The number of hydrogen-bond acceptors (Lipinski definition) is 3. The molecule has 2 aliphatic rings. The molecule has 1 saturated carbocycles. The number of hydrogen-bond donors (Lipinski definition) is 1. The van der Waals surface area contributed by atoms with Crippen LogP contribution in [0.4, 0.5) is 0 Å². The van der Waals surface area contributed by atoms with Crippen LogP contribution in [0.5, 0.6) is 0 Å². The van der Waals surface area contributed by atoms with Gasteiger partial charge in [-0.25, -0.2) is 0 Å². The minimum Gasteiger partial charge on any atom is -0.310 e. The van der Waals surface area contributed by atoms with Crippen molar-refractivity contribution in [3.05, 3.63) is 0 Å². The van der Waals surface area contributed by atoms with Gasteiger partial charge in [-0.05, 0) is 72.4 Å². The lowest BCUT2D eigenvalue weighted by Crippen LogP contribution is -2.52. The fraction of sp³-hybridized carbons (Fsp3) is 1.00. The lowest BCUT2D eigenvalue weighted by atomic mass is 9.81. The van der Waals surface area contributed by atoms with Crippen LogP contribution in [0.2, 0.25) is 0 Å². The van der Waals surface area contributed by atoms with Crippen LogP contribution in [-0.4, -0.2) is 62.2 Å². The molecule has 0 aromatic carbocycles. The maximum Gasteiger partial charge on any atom is 0.0308 e. The molecule has 1 aliphatic heterocycles. The lowest BCUT2D eigenvalue weighted by Gasteiger charge is -2.40. The van der Waals surface area contributed by atoms with E-state index >= 15 is 0 Å². The highest BCUT2D eigenvalue weighted by atomic mass is 15.2. The Labute approximate surface area is 119 Å². The summed E-state index contributed by atoms with van der Waals surface area (Å²) >= 11 is 0. The molecule has 1 saturated heterocycles. The molecule has 2 rings (SSSR count). The number of unbranched alkanes of at least 4 members (excludes halogenated alkanes) is 1. The van der Waals surface area contributed by atoms with E-state index in [2.05, 4.69) is 29.2 Å². The third-order valence-electron chi connectivity index (χ3n) is 4.82. The van der Waals surface area contributed by atoms with Crippen molar-refractivity contribution < 1.29 is 0 Å². The molecule has 1 aliphatic carbocycles. The van der Waals surface area contributed by atoms with Crippen LogP contribution in [0.3, 0.4) is 0 Å². The molecule has 0 aromatic rings. The van der Waals surface area contributed by atoms with Gasteiger partial charge in [0.25, 0.3) is 0 Å². The minimum atomic E-state index is 0.469. The van der Waals surface area contributed by atoms with E-state index < -0.39 is 0 Å². The van der Waals surface area contributed by atoms with Crippen LogP contribution >= 0.6 is 0 Å². The number of nitrogens with one attached hydrogen (secondary N) is 1. The van der Waals surface area contributed by atoms with Gasteiger partial charge < -0.3 is 15.1 Å². The van der Waals surface area contributed by atoms with Gasteiger partial charge in [-0.15, -0.1) is 0 Å². The van der Waals surface area contributed by atoms with Crippen LogP contribution in [0.1, 0.15) is 51.4 Å². The van der Waals surface area contributed by atoms with Crippen molar-refractivity contribution >= 4 is 0 Å². The zero-order chi connectivity index (χ0) is 13.6. The van der Waals surface area contributed by atoms with E-state index in [0.29, 0.717) is 5.54 Å². The highest BCUT2D eigenvalue weighted by molar-refractivity contribution is 4.95. The molecule has 2 fully saturated rings. The van der Waals surface area contributed by atoms with E-state index in [4.69, 9.17) is 0 Å². The van der Waals surface area contributed by atoms with Gasteiger partial charge in [0.2, 0.25) is 0 Å². The van der Waals surface area contributed by atoms with Gasteiger partial charge in [0.05, 0.1) is 0 Å². The first kappa shape index (κ1) is 15.3. The van der Waals surface area contributed by atoms with Crippen molar-refractivity contribution in [1.82, 2.24) is 15.1 Å². The fourth-order valence-corrected chi connectivity index (χ4v) is 3.74. The zero-order valence-electron chi connectivity index (χ0n) is 13.1. The summed E-state index contributed by atoms with van der Waals surface area (Å²) in [7, 11) is 4.35. The van der Waals surface area contributed by atoms with E-state index in [1.54, 1.807) is 0 Å². The average molecular weight is 267 g/mol. The molecule has 1 heterocycles. The van der Waals surface area contributed by atoms with E-state index in [1.807, 2.05) is 0 Å². The first-order chi connectivity index (χ1) is 9.20. The van der Waals surface area contributed by atoms with Crippen molar-refractivity contribution in [1.29, 1.82) is 0 Å². The largest absolute Gasteiger partial charge is 0.310 e. The molecule has 0 aromatic heterocycles. The molecule has 3 heteroatoms. The second-order valence-corrected chi connectivity index (χ2v) is 6.91. The van der Waals surface area contributed by atoms with Gasteiger partial charge in [0, 0.05) is 12.1 Å². The van der Waals surface area contributed by atoms with Crippen LogP contribution in [0.15, 0.2) is 0 Å². The van der Waals surface area contributed by atoms with Crippen LogP contribution in [0.25, 0.3) is 0 Å². The molecule has 0 radical (unpaired) electrons. The minimum absolute atomic E-state index is 0.469.